The van der Waals surface area contributed by atoms with E-state index in [1.165, 1.54) is 12.8 Å². The van der Waals surface area contributed by atoms with Crippen molar-refractivity contribution in [2.75, 3.05) is 18.0 Å². The van der Waals surface area contributed by atoms with Gasteiger partial charge in [0, 0.05) is 24.8 Å². The SMILES string of the molecule is CCC1CCN(c2ncccc2CO)C1. The van der Waals surface area contributed by atoms with Crippen molar-refractivity contribution in [3.05, 3.63) is 23.9 Å². The Balaban J connectivity index is 2.16. The van der Waals surface area contributed by atoms with Gasteiger partial charge in [-0.05, 0) is 18.4 Å². The summed E-state index contributed by atoms with van der Waals surface area (Å²) < 4.78 is 0. The molecule has 2 heterocycles. The van der Waals surface area contributed by atoms with Gasteiger partial charge in [-0.25, -0.2) is 4.98 Å². The van der Waals surface area contributed by atoms with Crippen molar-refractivity contribution in [2.24, 2.45) is 5.92 Å². The Morgan fingerprint density at radius 1 is 1.60 bits per heavy atom. The Labute approximate surface area is 90.8 Å². The van der Waals surface area contributed by atoms with Crippen LogP contribution in [0.3, 0.4) is 0 Å². The smallest absolute Gasteiger partial charge is 0.134 e. The van der Waals surface area contributed by atoms with E-state index >= 15 is 0 Å². The zero-order valence-electron chi connectivity index (χ0n) is 9.19. The van der Waals surface area contributed by atoms with Crippen LogP contribution >= 0.6 is 0 Å². The molecule has 0 radical (unpaired) electrons. The molecule has 0 spiro atoms. The minimum Gasteiger partial charge on any atom is -0.392 e. The highest BCUT2D eigenvalue weighted by Gasteiger charge is 2.23. The number of nitrogens with zero attached hydrogens (tertiary/aromatic N) is 2. The molecule has 0 aromatic carbocycles. The number of anilines is 1. The summed E-state index contributed by atoms with van der Waals surface area (Å²) in [7, 11) is 0. The van der Waals surface area contributed by atoms with Crippen molar-refractivity contribution in [3.8, 4) is 0 Å². The van der Waals surface area contributed by atoms with E-state index in [-0.39, 0.29) is 6.61 Å². The van der Waals surface area contributed by atoms with Crippen molar-refractivity contribution in [1.29, 1.82) is 0 Å². The molecule has 1 atom stereocenters. The highest BCUT2D eigenvalue weighted by molar-refractivity contribution is 5.47. The molecule has 0 bridgehead atoms. The van der Waals surface area contributed by atoms with Gasteiger partial charge < -0.3 is 10.0 Å². The third kappa shape index (κ3) is 2.12. The lowest BCUT2D eigenvalue weighted by Crippen LogP contribution is -2.22. The fourth-order valence-electron chi connectivity index (χ4n) is 2.20. The first-order valence-electron chi connectivity index (χ1n) is 5.64. The van der Waals surface area contributed by atoms with E-state index in [1.807, 2.05) is 12.1 Å². The number of aliphatic hydroxyl groups is 1. The molecule has 1 fully saturated rings. The van der Waals surface area contributed by atoms with Gasteiger partial charge >= 0.3 is 0 Å². The van der Waals surface area contributed by atoms with Crippen LogP contribution in [0.15, 0.2) is 18.3 Å². The van der Waals surface area contributed by atoms with Crippen molar-refractivity contribution in [2.45, 2.75) is 26.4 Å². The maximum atomic E-state index is 9.24. The van der Waals surface area contributed by atoms with E-state index in [9.17, 15) is 5.11 Å². The van der Waals surface area contributed by atoms with Gasteiger partial charge in [0.2, 0.25) is 0 Å². The molecule has 2 rings (SSSR count). The number of aliphatic hydroxyl groups excluding tert-OH is 1. The highest BCUT2D eigenvalue weighted by Crippen LogP contribution is 2.26. The molecular weight excluding hydrogens is 188 g/mol. The van der Waals surface area contributed by atoms with E-state index in [0.29, 0.717) is 0 Å². The second-order valence-corrected chi connectivity index (χ2v) is 4.15. The summed E-state index contributed by atoms with van der Waals surface area (Å²) in [5.74, 6) is 1.76. The second kappa shape index (κ2) is 4.62. The van der Waals surface area contributed by atoms with E-state index in [0.717, 1.165) is 30.4 Å². The molecule has 3 nitrogen and oxygen atoms in total. The Morgan fingerprint density at radius 3 is 3.13 bits per heavy atom. The molecule has 1 aromatic rings. The molecule has 1 aliphatic heterocycles. The summed E-state index contributed by atoms with van der Waals surface area (Å²) in [6, 6.07) is 3.82. The molecule has 3 heteroatoms. The van der Waals surface area contributed by atoms with Crippen LogP contribution in [-0.4, -0.2) is 23.2 Å². The summed E-state index contributed by atoms with van der Waals surface area (Å²) in [6.45, 7) is 4.47. The van der Waals surface area contributed by atoms with Crippen LogP contribution in [0.25, 0.3) is 0 Å². The standard InChI is InChI=1S/C12H18N2O/c1-2-10-5-7-14(8-10)12-11(9-15)4-3-6-13-12/h3-4,6,10,15H,2,5,7-9H2,1H3. The first kappa shape index (κ1) is 10.4. The Morgan fingerprint density at radius 2 is 2.47 bits per heavy atom. The van der Waals surface area contributed by atoms with Crippen LogP contribution in [-0.2, 0) is 6.61 Å². The van der Waals surface area contributed by atoms with Crippen LogP contribution in [0.4, 0.5) is 5.82 Å². The van der Waals surface area contributed by atoms with Crippen LogP contribution in [0.1, 0.15) is 25.3 Å². The summed E-state index contributed by atoms with van der Waals surface area (Å²) in [6.07, 6.45) is 4.28. The fraction of sp³-hybridized carbons (Fsp3) is 0.583. The minimum absolute atomic E-state index is 0.0798. The first-order valence-corrected chi connectivity index (χ1v) is 5.64. The van der Waals surface area contributed by atoms with E-state index in [2.05, 4.69) is 16.8 Å². The van der Waals surface area contributed by atoms with Gasteiger partial charge in [-0.15, -0.1) is 0 Å². The average Bonchev–Trinajstić information content (AvgIpc) is 2.77. The predicted octanol–water partition coefficient (Wildman–Crippen LogP) is 1.81. The predicted molar refractivity (Wildman–Crippen MR) is 60.8 cm³/mol. The third-order valence-electron chi connectivity index (χ3n) is 3.20. The molecule has 0 amide bonds. The fourth-order valence-corrected chi connectivity index (χ4v) is 2.20. The van der Waals surface area contributed by atoms with Crippen molar-refractivity contribution in [3.63, 3.8) is 0 Å². The Hall–Kier alpha value is -1.09. The normalized spacial score (nSPS) is 20.9. The summed E-state index contributed by atoms with van der Waals surface area (Å²) in [4.78, 5) is 6.66. The summed E-state index contributed by atoms with van der Waals surface area (Å²) in [5.41, 5.74) is 0.939. The lowest BCUT2D eigenvalue weighted by Gasteiger charge is -2.19. The molecule has 1 N–H and O–H groups in total. The van der Waals surface area contributed by atoms with E-state index in [4.69, 9.17) is 0 Å². The molecule has 1 saturated heterocycles. The summed E-state index contributed by atoms with van der Waals surface area (Å²) in [5, 5.41) is 9.24. The molecular formula is C12H18N2O. The average molecular weight is 206 g/mol. The van der Waals surface area contributed by atoms with Gasteiger partial charge in [-0.1, -0.05) is 19.4 Å². The Bertz CT molecular complexity index is 327. The number of aromatic nitrogens is 1. The number of rotatable bonds is 3. The van der Waals surface area contributed by atoms with Gasteiger partial charge in [0.1, 0.15) is 5.82 Å². The highest BCUT2D eigenvalue weighted by atomic mass is 16.3. The molecule has 0 saturated carbocycles. The van der Waals surface area contributed by atoms with Crippen molar-refractivity contribution < 1.29 is 5.11 Å². The molecule has 82 valence electrons. The number of pyridine rings is 1. The van der Waals surface area contributed by atoms with Crippen molar-refractivity contribution >= 4 is 5.82 Å². The van der Waals surface area contributed by atoms with E-state index < -0.39 is 0 Å². The number of hydrogen-bond donors (Lipinski definition) is 1. The van der Waals surface area contributed by atoms with Gasteiger partial charge in [-0.2, -0.15) is 0 Å². The van der Waals surface area contributed by atoms with Gasteiger partial charge in [0.05, 0.1) is 6.61 Å². The lowest BCUT2D eigenvalue weighted by molar-refractivity contribution is 0.281. The third-order valence-corrected chi connectivity index (χ3v) is 3.20. The van der Waals surface area contributed by atoms with E-state index in [1.54, 1.807) is 6.20 Å². The second-order valence-electron chi connectivity index (χ2n) is 4.15. The molecule has 0 aliphatic carbocycles. The zero-order valence-corrected chi connectivity index (χ0v) is 9.19. The Kier molecular flexibility index (Phi) is 3.21. The molecule has 15 heavy (non-hydrogen) atoms. The zero-order chi connectivity index (χ0) is 10.7. The summed E-state index contributed by atoms with van der Waals surface area (Å²) >= 11 is 0. The number of hydrogen-bond acceptors (Lipinski definition) is 3. The van der Waals surface area contributed by atoms with Crippen LogP contribution in [0.2, 0.25) is 0 Å². The lowest BCUT2D eigenvalue weighted by atomic mass is 10.1. The van der Waals surface area contributed by atoms with Crippen LogP contribution < -0.4 is 4.90 Å². The van der Waals surface area contributed by atoms with Crippen molar-refractivity contribution in [1.82, 2.24) is 4.98 Å². The van der Waals surface area contributed by atoms with Gasteiger partial charge in [0.15, 0.2) is 0 Å². The van der Waals surface area contributed by atoms with Gasteiger partial charge in [0.25, 0.3) is 0 Å². The topological polar surface area (TPSA) is 36.4 Å². The maximum Gasteiger partial charge on any atom is 0.134 e. The first-order chi connectivity index (χ1) is 7.35. The molecule has 1 aliphatic rings. The monoisotopic (exact) mass is 206 g/mol. The maximum absolute atomic E-state index is 9.24. The van der Waals surface area contributed by atoms with Crippen LogP contribution in [0.5, 0.6) is 0 Å². The van der Waals surface area contributed by atoms with Crippen LogP contribution in [0, 0.1) is 5.92 Å². The molecule has 1 aromatic heterocycles. The quantitative estimate of drug-likeness (QED) is 0.819. The molecule has 1 unspecified atom stereocenters. The minimum atomic E-state index is 0.0798. The largest absolute Gasteiger partial charge is 0.392 e. The van der Waals surface area contributed by atoms with Gasteiger partial charge in [-0.3, -0.25) is 0 Å².